The quantitative estimate of drug-likeness (QED) is 0.228. The van der Waals surface area contributed by atoms with E-state index in [2.05, 4.69) is 5.43 Å². The van der Waals surface area contributed by atoms with Gasteiger partial charge in [-0.1, -0.05) is 60.0 Å². The van der Waals surface area contributed by atoms with Gasteiger partial charge in [-0.05, 0) is 67.8 Å². The minimum atomic E-state index is -3.67. The number of carbonyl (C=O) groups excluding carboxylic acids is 1. The Labute approximate surface area is 255 Å². The molecule has 1 fully saturated rings. The monoisotopic (exact) mass is 630 g/mol. The highest BCUT2D eigenvalue weighted by Gasteiger charge is 2.24. The summed E-state index contributed by atoms with van der Waals surface area (Å²) in [5, 5.41) is 2.97. The number of amides is 1. The molecule has 0 radical (unpaired) electrons. The summed E-state index contributed by atoms with van der Waals surface area (Å²) in [7, 11) is -3.67. The van der Waals surface area contributed by atoms with Crippen LogP contribution in [0.15, 0.2) is 72.8 Å². The van der Waals surface area contributed by atoms with E-state index in [1.165, 1.54) is 6.42 Å². The number of nitrogens with one attached hydrogen (secondary N) is 1. The predicted molar refractivity (Wildman–Crippen MR) is 165 cm³/mol. The minimum absolute atomic E-state index is 0.229. The third-order valence-electron chi connectivity index (χ3n) is 6.45. The van der Waals surface area contributed by atoms with Crippen molar-refractivity contribution in [2.75, 3.05) is 19.3 Å². The third-order valence-corrected chi connectivity index (χ3v) is 7.00. The molecule has 42 heavy (non-hydrogen) atoms. The predicted octanol–water partition coefficient (Wildman–Crippen LogP) is 6.37. The highest BCUT2D eigenvalue weighted by atomic mass is 35.5. The van der Waals surface area contributed by atoms with Crippen LogP contribution < -0.4 is 10.2 Å². The second kappa shape index (κ2) is 14.2. The molecule has 0 atom stereocenters. The lowest BCUT2D eigenvalue weighted by atomic mass is 10.2. The van der Waals surface area contributed by atoms with E-state index >= 15 is 0 Å². The van der Waals surface area contributed by atoms with Crippen LogP contribution in [0.1, 0.15) is 41.0 Å². The zero-order valence-electron chi connectivity index (χ0n) is 23.3. The molecule has 3 aromatic carbocycles. The molecule has 1 amide bonds. The first kappa shape index (κ1) is 31.5. The lowest BCUT2D eigenvalue weighted by Crippen LogP contribution is -2.45. The number of aromatic nitrogens is 2. The van der Waals surface area contributed by atoms with Gasteiger partial charge in [-0.25, -0.2) is 9.99 Å². The number of imidazole rings is 1. The van der Waals surface area contributed by atoms with Crippen LogP contribution in [-0.2, 0) is 16.7 Å². The lowest BCUT2D eigenvalue weighted by molar-refractivity contribution is 0.0744. The third kappa shape index (κ3) is 8.80. The average molecular weight is 632 g/mol. The molecule has 1 aliphatic rings. The molecule has 4 aromatic rings. The van der Waals surface area contributed by atoms with Gasteiger partial charge in [-0.3, -0.25) is 19.3 Å². The summed E-state index contributed by atoms with van der Waals surface area (Å²) in [6.45, 7) is 4.06. The molecule has 5 rings (SSSR count). The number of rotatable bonds is 7. The zero-order chi connectivity index (χ0) is 30.3. The zero-order valence-corrected chi connectivity index (χ0v) is 25.6. The van der Waals surface area contributed by atoms with Gasteiger partial charge in [0.1, 0.15) is 18.2 Å². The number of hydrazine groups is 1. The standard InChI is InChI=1S/C29H28Cl2N4O2.CH4O3S/c1-20-27(29(36)33-34-16-6-3-7-17-34)32-28(25-15-10-22(30)18-26(25)31)35(20)23-11-13-24(14-12-23)37-19-21-8-4-2-5-9-21;1-5(2,3)4/h2,4-5,8-15,18H,3,6-7,16-17,19H2,1H3,(H,33,36);1H3,(H,2,3,4). The van der Waals surface area contributed by atoms with Crippen LogP contribution in [0.2, 0.25) is 10.0 Å². The largest absolute Gasteiger partial charge is 0.489 e. The van der Waals surface area contributed by atoms with Crippen LogP contribution in [0, 0.1) is 6.92 Å². The summed E-state index contributed by atoms with van der Waals surface area (Å²) < 4.78 is 33.8. The first-order valence-electron chi connectivity index (χ1n) is 13.3. The van der Waals surface area contributed by atoms with E-state index in [-0.39, 0.29) is 5.91 Å². The highest BCUT2D eigenvalue weighted by Crippen LogP contribution is 2.33. The van der Waals surface area contributed by atoms with Crippen molar-refractivity contribution in [1.82, 2.24) is 20.0 Å². The number of carbonyl (C=O) groups is 1. The Morgan fingerprint density at radius 3 is 2.26 bits per heavy atom. The smallest absolute Gasteiger partial charge is 0.286 e. The summed E-state index contributed by atoms with van der Waals surface area (Å²) >= 11 is 12.7. The fourth-order valence-corrected chi connectivity index (χ4v) is 5.01. The van der Waals surface area contributed by atoms with Crippen molar-refractivity contribution in [3.05, 3.63) is 99.8 Å². The van der Waals surface area contributed by atoms with Gasteiger partial charge in [0, 0.05) is 29.4 Å². The van der Waals surface area contributed by atoms with Crippen LogP contribution in [0.5, 0.6) is 5.75 Å². The minimum Gasteiger partial charge on any atom is -0.489 e. The molecule has 0 saturated carbocycles. The van der Waals surface area contributed by atoms with Crippen molar-refractivity contribution in [3.8, 4) is 22.8 Å². The Hall–Kier alpha value is -3.41. The second-order valence-electron chi connectivity index (χ2n) is 9.82. The van der Waals surface area contributed by atoms with E-state index in [0.717, 1.165) is 42.9 Å². The molecule has 0 unspecified atom stereocenters. The van der Waals surface area contributed by atoms with Crippen LogP contribution in [0.4, 0.5) is 0 Å². The average Bonchev–Trinajstić information content (AvgIpc) is 3.29. The Kier molecular flexibility index (Phi) is 10.6. The summed E-state index contributed by atoms with van der Waals surface area (Å²) in [4.78, 5) is 18.0. The van der Waals surface area contributed by atoms with Crippen molar-refractivity contribution >= 4 is 39.2 Å². The summed E-state index contributed by atoms with van der Waals surface area (Å²) in [6.07, 6.45) is 4.04. The summed E-state index contributed by atoms with van der Waals surface area (Å²) in [6, 6.07) is 23.0. The molecule has 12 heteroatoms. The van der Waals surface area contributed by atoms with Gasteiger partial charge in [0.15, 0.2) is 5.69 Å². The van der Waals surface area contributed by atoms with Crippen LogP contribution in [0.3, 0.4) is 0 Å². The van der Waals surface area contributed by atoms with E-state index in [1.54, 1.807) is 12.1 Å². The van der Waals surface area contributed by atoms with Gasteiger partial charge in [0.2, 0.25) is 0 Å². The van der Waals surface area contributed by atoms with Crippen molar-refractivity contribution in [1.29, 1.82) is 0 Å². The number of hydrogen-bond acceptors (Lipinski definition) is 6. The number of nitrogens with zero attached hydrogens (tertiary/aromatic N) is 3. The Morgan fingerprint density at radius 2 is 1.64 bits per heavy atom. The van der Waals surface area contributed by atoms with Crippen LogP contribution >= 0.6 is 23.2 Å². The molecule has 9 nitrogen and oxygen atoms in total. The normalized spacial score (nSPS) is 13.6. The van der Waals surface area contributed by atoms with Crippen molar-refractivity contribution in [3.63, 3.8) is 0 Å². The highest BCUT2D eigenvalue weighted by molar-refractivity contribution is 7.85. The number of piperidine rings is 1. The van der Waals surface area contributed by atoms with Crippen molar-refractivity contribution < 1.29 is 22.5 Å². The van der Waals surface area contributed by atoms with Crippen LogP contribution in [-0.4, -0.2) is 52.8 Å². The van der Waals surface area contributed by atoms with E-state index in [1.807, 2.05) is 77.2 Å². The Balaban J connectivity index is 0.000000748. The molecule has 0 aliphatic carbocycles. The van der Waals surface area contributed by atoms with Gasteiger partial charge in [0.25, 0.3) is 16.0 Å². The molecular formula is C30H32Cl2N4O5S. The van der Waals surface area contributed by atoms with Crippen molar-refractivity contribution in [2.24, 2.45) is 0 Å². The second-order valence-corrected chi connectivity index (χ2v) is 12.1. The van der Waals surface area contributed by atoms with E-state index < -0.39 is 10.1 Å². The maximum atomic E-state index is 13.3. The number of ether oxygens (including phenoxy) is 1. The fraction of sp³-hybridized carbons (Fsp3) is 0.267. The number of benzene rings is 3. The molecule has 1 aromatic heterocycles. The molecule has 2 N–H and O–H groups in total. The first-order valence-corrected chi connectivity index (χ1v) is 15.9. The van der Waals surface area contributed by atoms with Gasteiger partial charge in [-0.15, -0.1) is 0 Å². The SMILES string of the molecule is CS(=O)(=O)O.Cc1c(C(=O)NN2CCCCC2)nc(-c2ccc(Cl)cc2Cl)n1-c1ccc(OCc2ccccc2)cc1. The van der Waals surface area contributed by atoms with Gasteiger partial charge in [-0.2, -0.15) is 8.42 Å². The van der Waals surface area contributed by atoms with Crippen LogP contribution in [0.25, 0.3) is 17.1 Å². The number of hydrogen-bond donors (Lipinski definition) is 2. The number of halogens is 2. The topological polar surface area (TPSA) is 114 Å². The van der Waals surface area contributed by atoms with E-state index in [0.29, 0.717) is 45.7 Å². The maximum Gasteiger partial charge on any atom is 0.286 e. The molecule has 1 aliphatic heterocycles. The van der Waals surface area contributed by atoms with E-state index in [4.69, 9.17) is 37.5 Å². The summed E-state index contributed by atoms with van der Waals surface area (Å²) in [5.41, 5.74) is 6.73. The molecule has 0 spiro atoms. The molecule has 0 bridgehead atoms. The maximum absolute atomic E-state index is 13.3. The van der Waals surface area contributed by atoms with Crippen molar-refractivity contribution in [2.45, 2.75) is 32.8 Å². The molecule has 1 saturated heterocycles. The van der Waals surface area contributed by atoms with Gasteiger partial charge >= 0.3 is 0 Å². The molecule has 2 heterocycles. The van der Waals surface area contributed by atoms with Gasteiger partial charge in [0.05, 0.1) is 17.0 Å². The Morgan fingerprint density at radius 1 is 1.00 bits per heavy atom. The molecular weight excluding hydrogens is 599 g/mol. The van der Waals surface area contributed by atoms with Gasteiger partial charge < -0.3 is 4.74 Å². The fourth-order valence-electron chi connectivity index (χ4n) is 4.52. The molecule has 222 valence electrons. The Bertz CT molecular complexity index is 1610. The van der Waals surface area contributed by atoms with E-state index in [9.17, 15) is 13.2 Å². The lowest BCUT2D eigenvalue weighted by Gasteiger charge is -2.26. The summed E-state index contributed by atoms with van der Waals surface area (Å²) in [5.74, 6) is 1.09. The first-order chi connectivity index (χ1) is 20.0.